The first-order valence-corrected chi connectivity index (χ1v) is 5.11. The fourth-order valence-electron chi connectivity index (χ4n) is 1.25. The van der Waals surface area contributed by atoms with Crippen LogP contribution in [0.25, 0.3) is 0 Å². The highest BCUT2D eigenvalue weighted by molar-refractivity contribution is 6.17. The zero-order valence-electron chi connectivity index (χ0n) is 8.84. The minimum absolute atomic E-state index is 0.129. The van der Waals surface area contributed by atoms with Gasteiger partial charge in [-0.2, -0.15) is 0 Å². The number of esters is 1. The summed E-state index contributed by atoms with van der Waals surface area (Å²) in [5.74, 6) is -2.15. The molecule has 0 bridgehead atoms. The van der Waals surface area contributed by atoms with Gasteiger partial charge in [0.25, 0.3) is 6.43 Å². The van der Waals surface area contributed by atoms with Gasteiger partial charge in [-0.25, -0.2) is 13.2 Å². The number of methoxy groups -OCH3 is 1. The molecule has 0 aliphatic carbocycles. The topological polar surface area (TPSA) is 39.2 Å². The van der Waals surface area contributed by atoms with Crippen molar-refractivity contribution in [3.05, 3.63) is 28.8 Å². The van der Waals surface area contributed by atoms with E-state index in [2.05, 4.69) is 9.72 Å². The average Bonchev–Trinajstić information content (AvgIpc) is 2.28. The number of halogens is 4. The lowest BCUT2D eigenvalue weighted by Crippen LogP contribution is -2.12. The second-order valence-corrected chi connectivity index (χ2v) is 3.41. The van der Waals surface area contributed by atoms with E-state index >= 15 is 0 Å². The number of nitrogens with zero attached hydrogens (tertiary/aromatic N) is 1. The predicted octanol–water partition coefficient (Wildman–Crippen LogP) is 2.61. The second-order valence-electron chi connectivity index (χ2n) is 3.15. The molecule has 7 heteroatoms. The molecule has 1 aromatic heterocycles. The Morgan fingerprint density at radius 3 is 2.71 bits per heavy atom. The summed E-state index contributed by atoms with van der Waals surface area (Å²) in [5, 5.41) is 0. The van der Waals surface area contributed by atoms with Crippen molar-refractivity contribution in [2.45, 2.75) is 18.7 Å². The summed E-state index contributed by atoms with van der Waals surface area (Å²) in [6.07, 6.45) is -2.53. The molecule has 0 unspecified atom stereocenters. The van der Waals surface area contributed by atoms with Gasteiger partial charge in [0.05, 0.1) is 30.7 Å². The van der Waals surface area contributed by atoms with Crippen LogP contribution >= 0.6 is 11.6 Å². The number of hydrogen-bond donors (Lipinski definition) is 0. The van der Waals surface area contributed by atoms with Crippen LogP contribution in [0.1, 0.15) is 23.2 Å². The molecule has 0 saturated heterocycles. The molecule has 1 rings (SSSR count). The lowest BCUT2D eigenvalue weighted by atomic mass is 10.1. The standard InChI is InChI=1S/C10H9ClF3NO2/c1-17-7(16)2-6-8(10(13)14)9(12)5(3-11)4-15-6/h4,10H,2-3H2,1H3. The van der Waals surface area contributed by atoms with E-state index in [0.29, 0.717) is 0 Å². The number of ether oxygens (including phenoxy) is 1. The van der Waals surface area contributed by atoms with Gasteiger partial charge in [0, 0.05) is 11.8 Å². The number of pyridine rings is 1. The second kappa shape index (κ2) is 5.86. The summed E-state index contributed by atoms with van der Waals surface area (Å²) in [4.78, 5) is 14.6. The Labute approximate surface area is 101 Å². The summed E-state index contributed by atoms with van der Waals surface area (Å²) >= 11 is 5.38. The molecule has 0 radical (unpaired) electrons. The van der Waals surface area contributed by atoms with Gasteiger partial charge in [0.15, 0.2) is 0 Å². The lowest BCUT2D eigenvalue weighted by Gasteiger charge is -2.10. The Balaban J connectivity index is 3.21. The molecule has 1 aromatic rings. The Hall–Kier alpha value is -1.30. The molecule has 0 N–H and O–H groups in total. The highest BCUT2D eigenvalue weighted by atomic mass is 35.5. The number of rotatable bonds is 4. The minimum atomic E-state index is -3.06. The molecule has 0 spiro atoms. The molecule has 17 heavy (non-hydrogen) atoms. The van der Waals surface area contributed by atoms with E-state index in [4.69, 9.17) is 11.6 Å². The van der Waals surface area contributed by atoms with Gasteiger partial charge >= 0.3 is 5.97 Å². The average molecular weight is 268 g/mol. The van der Waals surface area contributed by atoms with E-state index in [1.807, 2.05) is 0 Å². The molecule has 0 amide bonds. The van der Waals surface area contributed by atoms with Gasteiger partial charge in [0.2, 0.25) is 0 Å². The highest BCUT2D eigenvalue weighted by Gasteiger charge is 2.23. The van der Waals surface area contributed by atoms with Gasteiger partial charge in [0.1, 0.15) is 5.82 Å². The van der Waals surface area contributed by atoms with Crippen LogP contribution < -0.4 is 0 Å². The van der Waals surface area contributed by atoms with Crippen LogP contribution in [-0.2, 0) is 21.8 Å². The molecule has 0 aliphatic rings. The van der Waals surface area contributed by atoms with Crippen molar-refractivity contribution < 1.29 is 22.7 Å². The van der Waals surface area contributed by atoms with Crippen molar-refractivity contribution in [2.24, 2.45) is 0 Å². The molecule has 0 saturated carbocycles. The first kappa shape index (κ1) is 13.8. The van der Waals surface area contributed by atoms with Gasteiger partial charge in [-0.15, -0.1) is 11.6 Å². The fourth-order valence-corrected chi connectivity index (χ4v) is 1.43. The van der Waals surface area contributed by atoms with Crippen molar-refractivity contribution in [1.82, 2.24) is 4.98 Å². The molecule has 0 aromatic carbocycles. The molecular weight excluding hydrogens is 259 g/mol. The van der Waals surface area contributed by atoms with Gasteiger partial charge in [-0.1, -0.05) is 0 Å². The molecule has 3 nitrogen and oxygen atoms in total. The van der Waals surface area contributed by atoms with Crippen LogP contribution in [0.15, 0.2) is 6.20 Å². The smallest absolute Gasteiger partial charge is 0.311 e. The van der Waals surface area contributed by atoms with Crippen LogP contribution in [0.5, 0.6) is 0 Å². The van der Waals surface area contributed by atoms with E-state index in [-0.39, 0.29) is 17.1 Å². The third-order valence-corrected chi connectivity index (χ3v) is 2.40. The summed E-state index contributed by atoms with van der Waals surface area (Å²) < 4.78 is 43.3. The van der Waals surface area contributed by atoms with Crippen molar-refractivity contribution in [3.8, 4) is 0 Å². The normalized spacial score (nSPS) is 10.7. The Kier molecular flexibility index (Phi) is 4.74. The van der Waals surface area contributed by atoms with E-state index in [1.165, 1.54) is 0 Å². The molecule has 0 atom stereocenters. The van der Waals surface area contributed by atoms with Crippen LogP contribution in [0.3, 0.4) is 0 Å². The molecule has 1 heterocycles. The summed E-state index contributed by atoms with van der Waals surface area (Å²) in [5.41, 5.74) is -1.36. The van der Waals surface area contributed by atoms with Crippen LogP contribution in [-0.4, -0.2) is 18.1 Å². The maximum absolute atomic E-state index is 13.6. The lowest BCUT2D eigenvalue weighted by molar-refractivity contribution is -0.139. The van der Waals surface area contributed by atoms with Gasteiger partial charge in [-0.3, -0.25) is 9.78 Å². The maximum atomic E-state index is 13.6. The number of aromatic nitrogens is 1. The fraction of sp³-hybridized carbons (Fsp3) is 0.400. The Bertz CT molecular complexity index is 426. The molecule has 0 fully saturated rings. The van der Waals surface area contributed by atoms with Crippen molar-refractivity contribution >= 4 is 17.6 Å². The number of carbonyl (C=O) groups is 1. The maximum Gasteiger partial charge on any atom is 0.311 e. The van der Waals surface area contributed by atoms with E-state index < -0.39 is 30.2 Å². The van der Waals surface area contributed by atoms with Crippen LogP contribution in [0, 0.1) is 5.82 Å². The monoisotopic (exact) mass is 267 g/mol. The van der Waals surface area contributed by atoms with Crippen molar-refractivity contribution in [1.29, 1.82) is 0 Å². The Morgan fingerprint density at radius 2 is 2.24 bits per heavy atom. The first-order valence-electron chi connectivity index (χ1n) is 4.58. The van der Waals surface area contributed by atoms with Crippen molar-refractivity contribution in [2.75, 3.05) is 7.11 Å². The largest absolute Gasteiger partial charge is 0.469 e. The Morgan fingerprint density at radius 1 is 1.59 bits per heavy atom. The SMILES string of the molecule is COC(=O)Cc1ncc(CCl)c(F)c1C(F)F. The van der Waals surface area contributed by atoms with Crippen LogP contribution in [0.4, 0.5) is 13.2 Å². The first-order chi connectivity index (χ1) is 8.01. The minimum Gasteiger partial charge on any atom is -0.469 e. The molecule has 94 valence electrons. The van der Waals surface area contributed by atoms with E-state index in [1.54, 1.807) is 0 Å². The number of alkyl halides is 3. The molecule has 0 aliphatic heterocycles. The van der Waals surface area contributed by atoms with Gasteiger partial charge in [-0.05, 0) is 0 Å². The predicted molar refractivity (Wildman–Crippen MR) is 54.4 cm³/mol. The third-order valence-electron chi connectivity index (χ3n) is 2.11. The summed E-state index contributed by atoms with van der Waals surface area (Å²) in [7, 11) is 1.11. The summed E-state index contributed by atoms with van der Waals surface area (Å²) in [6.45, 7) is 0. The highest BCUT2D eigenvalue weighted by Crippen LogP contribution is 2.27. The summed E-state index contributed by atoms with van der Waals surface area (Å²) in [6, 6.07) is 0. The number of carbonyl (C=O) groups excluding carboxylic acids is 1. The van der Waals surface area contributed by atoms with E-state index in [0.717, 1.165) is 13.3 Å². The zero-order valence-corrected chi connectivity index (χ0v) is 9.60. The zero-order chi connectivity index (χ0) is 13.0. The number of hydrogen-bond acceptors (Lipinski definition) is 3. The van der Waals surface area contributed by atoms with Crippen molar-refractivity contribution in [3.63, 3.8) is 0 Å². The third kappa shape index (κ3) is 3.09. The van der Waals surface area contributed by atoms with E-state index in [9.17, 15) is 18.0 Å². The van der Waals surface area contributed by atoms with Gasteiger partial charge < -0.3 is 4.74 Å². The van der Waals surface area contributed by atoms with Crippen LogP contribution in [0.2, 0.25) is 0 Å². The molecular formula is C10H9ClF3NO2. The quantitative estimate of drug-likeness (QED) is 0.622.